The summed E-state index contributed by atoms with van der Waals surface area (Å²) in [5.41, 5.74) is 24.7. The molecule has 0 bridgehead atoms. The first-order chi connectivity index (χ1) is 35.5. The van der Waals surface area contributed by atoms with E-state index in [-0.39, 0.29) is 33.8 Å². The summed E-state index contributed by atoms with van der Waals surface area (Å²) < 4.78 is 9.95. The van der Waals surface area contributed by atoms with Gasteiger partial charge in [0.1, 0.15) is 0 Å². The molecule has 75 heavy (non-hydrogen) atoms. The maximum Gasteiger partial charge on any atom is 0.252 e. The number of hydrogen-bond acceptors (Lipinski definition) is 3. The molecule has 2 aliphatic heterocycles. The van der Waals surface area contributed by atoms with Crippen molar-refractivity contribution in [3.63, 3.8) is 0 Å². The Hall–Kier alpha value is -6.78. The first kappa shape index (κ1) is 49.1. The molecule has 8 aromatic rings. The smallest absolute Gasteiger partial charge is 0.252 e. The fourth-order valence-corrected chi connectivity index (χ4v) is 12.3. The van der Waals surface area contributed by atoms with Crippen molar-refractivity contribution in [2.24, 2.45) is 0 Å². The molecule has 0 unspecified atom stereocenters. The molecule has 3 nitrogen and oxygen atoms in total. The van der Waals surface area contributed by atoms with Gasteiger partial charge in [0.05, 0.1) is 12.7 Å². The van der Waals surface area contributed by atoms with E-state index in [1.54, 1.807) is 0 Å². The largest absolute Gasteiger partial charge is 0.311 e. The van der Waals surface area contributed by atoms with E-state index < -0.39 is 5.41 Å². The Morgan fingerprint density at radius 2 is 0.853 bits per heavy atom. The minimum atomic E-state index is -0.393. The third-order valence-electron chi connectivity index (χ3n) is 16.8. The van der Waals surface area contributed by atoms with Crippen LogP contribution >= 0.6 is 0 Å². The lowest BCUT2D eigenvalue weighted by Crippen LogP contribution is -2.61. The highest BCUT2D eigenvalue weighted by Crippen LogP contribution is 2.59. The van der Waals surface area contributed by atoms with Gasteiger partial charge in [-0.05, 0) is 160 Å². The zero-order valence-corrected chi connectivity index (χ0v) is 47.9. The molecule has 8 aromatic carbocycles. The summed E-state index contributed by atoms with van der Waals surface area (Å²) in [5.74, 6) is 0. The summed E-state index contributed by atoms with van der Waals surface area (Å²) in [5, 5.41) is 0. The Balaban J connectivity index is 1.33. The van der Waals surface area contributed by atoms with E-state index in [1.807, 2.05) is 0 Å². The first-order valence-corrected chi connectivity index (χ1v) is 27.5. The van der Waals surface area contributed by atoms with Crippen molar-refractivity contribution in [3.05, 3.63) is 203 Å². The van der Waals surface area contributed by atoms with Crippen LogP contribution in [0.3, 0.4) is 0 Å². The van der Waals surface area contributed by atoms with Crippen LogP contribution in [0.5, 0.6) is 0 Å². The highest BCUT2D eigenvalue weighted by Gasteiger charge is 2.49. The van der Waals surface area contributed by atoms with E-state index in [0.717, 1.165) is 51.2 Å². The predicted octanol–water partition coefficient (Wildman–Crippen LogP) is 18.0. The van der Waals surface area contributed by atoms with Crippen molar-refractivity contribution < 1.29 is 1.37 Å². The Morgan fingerprint density at radius 3 is 1.33 bits per heavy atom. The SMILES string of the molecule is [2H]c1cc2c3c(c1)N(c1ccc(C(C)(C)C)cc1)c1c(cc4c(c1N(c1ccc(C(C)(C)C)cc1)c1ccc(C(C)(C)C)cc1)C(C)(C)c1ccccc1-4)B3c1cc(C(C)(C)C)ccc1N2c1ccc(C(C)(C)C)cc1. The second-order valence-electron chi connectivity index (χ2n) is 27.5. The normalized spacial score (nSPS) is 14.9. The molecule has 3 aliphatic rings. The van der Waals surface area contributed by atoms with E-state index in [9.17, 15) is 1.37 Å². The van der Waals surface area contributed by atoms with Gasteiger partial charge in [-0.15, -0.1) is 0 Å². The molecule has 0 N–H and O–H groups in total. The fraction of sp³-hybridized carbons (Fsp3) is 0.324. The van der Waals surface area contributed by atoms with Gasteiger partial charge in [-0.25, -0.2) is 0 Å². The minimum Gasteiger partial charge on any atom is -0.311 e. The molecule has 0 amide bonds. The maximum atomic E-state index is 9.95. The van der Waals surface area contributed by atoms with Gasteiger partial charge < -0.3 is 14.7 Å². The van der Waals surface area contributed by atoms with Crippen LogP contribution in [-0.2, 0) is 32.5 Å². The molecule has 0 atom stereocenters. The molecule has 2 heterocycles. The van der Waals surface area contributed by atoms with Crippen molar-refractivity contribution in [2.45, 2.75) is 150 Å². The van der Waals surface area contributed by atoms with Crippen molar-refractivity contribution in [1.82, 2.24) is 0 Å². The number of fused-ring (bicyclic) bond motifs is 7. The van der Waals surface area contributed by atoms with E-state index >= 15 is 0 Å². The molecular formula is C71H78BN3. The predicted molar refractivity (Wildman–Crippen MR) is 326 cm³/mol. The van der Waals surface area contributed by atoms with Crippen LogP contribution < -0.4 is 31.1 Å². The Labute approximate surface area is 452 Å². The Morgan fingerprint density at radius 1 is 0.427 bits per heavy atom. The summed E-state index contributed by atoms with van der Waals surface area (Å²) in [6.07, 6.45) is 0. The van der Waals surface area contributed by atoms with Crippen LogP contribution in [0.1, 0.15) is 158 Å². The van der Waals surface area contributed by atoms with Crippen LogP contribution in [0.15, 0.2) is 164 Å². The maximum absolute atomic E-state index is 9.95. The lowest BCUT2D eigenvalue weighted by atomic mass is 9.33. The average molecular weight is 985 g/mol. The van der Waals surface area contributed by atoms with Gasteiger partial charge in [-0.3, -0.25) is 0 Å². The summed E-state index contributed by atoms with van der Waals surface area (Å²) in [4.78, 5) is 7.61. The molecule has 380 valence electrons. The topological polar surface area (TPSA) is 9.72 Å². The molecule has 0 saturated carbocycles. The van der Waals surface area contributed by atoms with Gasteiger partial charge in [-0.1, -0.05) is 215 Å². The van der Waals surface area contributed by atoms with Gasteiger partial charge in [0.25, 0.3) is 6.71 Å². The van der Waals surface area contributed by atoms with Crippen LogP contribution in [0.4, 0.5) is 51.2 Å². The van der Waals surface area contributed by atoms with E-state index in [2.05, 4.69) is 290 Å². The highest BCUT2D eigenvalue weighted by atomic mass is 15.2. The third kappa shape index (κ3) is 8.34. The summed E-state index contributed by atoms with van der Waals surface area (Å²) in [6.45, 7) is 39.2. The van der Waals surface area contributed by atoms with E-state index in [0.29, 0.717) is 6.04 Å². The van der Waals surface area contributed by atoms with Crippen molar-refractivity contribution in [3.8, 4) is 11.1 Å². The third-order valence-corrected chi connectivity index (χ3v) is 16.8. The fourth-order valence-electron chi connectivity index (χ4n) is 12.3. The molecule has 4 heteroatoms. The van der Waals surface area contributed by atoms with E-state index in [1.165, 1.54) is 66.5 Å². The molecule has 0 radical (unpaired) electrons. The number of nitrogens with zero attached hydrogens (tertiary/aromatic N) is 3. The van der Waals surface area contributed by atoms with Crippen LogP contribution in [0.25, 0.3) is 11.1 Å². The van der Waals surface area contributed by atoms with E-state index in [4.69, 9.17) is 0 Å². The van der Waals surface area contributed by atoms with Gasteiger partial charge in [0, 0.05) is 45.2 Å². The number of benzene rings is 8. The van der Waals surface area contributed by atoms with Gasteiger partial charge >= 0.3 is 0 Å². The van der Waals surface area contributed by atoms with Gasteiger partial charge in [-0.2, -0.15) is 0 Å². The summed E-state index contributed by atoms with van der Waals surface area (Å²) in [6, 6.07) is 61.0. The lowest BCUT2D eigenvalue weighted by molar-refractivity contribution is 0.590. The minimum absolute atomic E-state index is 0.000341. The first-order valence-electron chi connectivity index (χ1n) is 28.0. The van der Waals surface area contributed by atoms with Crippen molar-refractivity contribution in [2.75, 3.05) is 14.7 Å². The molecular weight excluding hydrogens is 906 g/mol. The second kappa shape index (κ2) is 17.1. The van der Waals surface area contributed by atoms with Crippen LogP contribution in [-0.4, -0.2) is 6.71 Å². The second-order valence-corrected chi connectivity index (χ2v) is 27.5. The lowest BCUT2D eigenvalue weighted by Gasteiger charge is -2.47. The quantitative estimate of drug-likeness (QED) is 0.159. The summed E-state index contributed by atoms with van der Waals surface area (Å²) in [7, 11) is 0. The highest BCUT2D eigenvalue weighted by molar-refractivity contribution is 7.00. The van der Waals surface area contributed by atoms with Crippen LogP contribution in [0, 0.1) is 0 Å². The van der Waals surface area contributed by atoms with Gasteiger partial charge in [0.2, 0.25) is 0 Å². The van der Waals surface area contributed by atoms with Crippen molar-refractivity contribution in [1.29, 1.82) is 0 Å². The molecule has 0 saturated heterocycles. The molecule has 11 rings (SSSR count). The summed E-state index contributed by atoms with van der Waals surface area (Å²) >= 11 is 0. The van der Waals surface area contributed by atoms with Gasteiger partial charge in [0.15, 0.2) is 0 Å². The number of rotatable bonds is 5. The average Bonchev–Trinajstić information content (AvgIpc) is 3.58. The monoisotopic (exact) mass is 985 g/mol. The number of hydrogen-bond donors (Lipinski definition) is 0. The zero-order valence-electron chi connectivity index (χ0n) is 48.9. The molecule has 0 fully saturated rings. The molecule has 0 spiro atoms. The molecule has 1 aliphatic carbocycles. The Kier molecular flexibility index (Phi) is 11.2. The molecule has 0 aromatic heterocycles. The standard InChI is InChI=1S/C71H78BN3/c1-66(2,3)45-25-34-50(35-26-45)73(51-36-27-46(28-37-51)67(4,5)6)65-62-55(54-21-18-19-22-56(54)71(62,16)17)44-58-64(65)75(53-40-31-48(32-41-53)69(10,11)12)61-24-20-23-60-63(61)72(58)57-43-49(70(13,14)15)33-42-59(57)74(60)52-38-29-47(30-39-52)68(7,8)9/h18-44H,1-17H3/i20D. The Bertz CT molecular complexity index is 3510. The van der Waals surface area contributed by atoms with Crippen molar-refractivity contribution >= 4 is 74.3 Å². The zero-order chi connectivity index (χ0) is 54.4. The van der Waals surface area contributed by atoms with Crippen LogP contribution in [0.2, 0.25) is 0 Å². The number of anilines is 9.